The Morgan fingerprint density at radius 1 is 0.957 bits per heavy atom. The summed E-state index contributed by atoms with van der Waals surface area (Å²) >= 11 is 17.8. The number of benzene rings is 2. The number of amides is 1. The third-order valence-corrected chi connectivity index (χ3v) is 4.20. The number of carbonyl (C=O) groups is 2. The van der Waals surface area contributed by atoms with Crippen molar-refractivity contribution < 1.29 is 14.7 Å². The zero-order valence-corrected chi connectivity index (χ0v) is 16.4. The molecule has 0 saturated heterocycles. The van der Waals surface area contributed by atoms with E-state index in [0.29, 0.717) is 15.1 Å². The first-order chi connectivity index (χ1) is 10.8. The average Bonchev–Trinajstić information content (AvgIpc) is 2.51. The van der Waals surface area contributed by atoms with Gasteiger partial charge in [0, 0.05) is 16.0 Å². The lowest BCUT2D eigenvalue weighted by Crippen LogP contribution is -2.18. The van der Waals surface area contributed by atoms with E-state index in [0.717, 1.165) is 4.47 Å². The van der Waals surface area contributed by atoms with Gasteiger partial charge >= 0.3 is 5.97 Å². The van der Waals surface area contributed by atoms with Crippen LogP contribution in [0.1, 0.15) is 20.7 Å². The molecule has 0 heterocycles. The molecule has 2 rings (SSSR count). The number of carboxylic acids is 1. The topological polar surface area (TPSA) is 66.4 Å². The minimum Gasteiger partial charge on any atom is -0.478 e. The van der Waals surface area contributed by atoms with Crippen LogP contribution in [-0.4, -0.2) is 24.0 Å². The second-order valence-electron chi connectivity index (χ2n) is 4.13. The van der Waals surface area contributed by atoms with Crippen molar-refractivity contribution >= 4 is 66.9 Å². The summed E-state index contributed by atoms with van der Waals surface area (Å²) in [6, 6.07) is 9.83. The second-order valence-corrected chi connectivity index (χ2v) is 6.78. The van der Waals surface area contributed by atoms with E-state index in [1.807, 2.05) is 0 Å². The number of rotatable bonds is 2. The summed E-state index contributed by atoms with van der Waals surface area (Å²) in [5.74, 6) is -1.20. The highest BCUT2D eigenvalue weighted by molar-refractivity contribution is 9.10. The van der Waals surface area contributed by atoms with Crippen molar-refractivity contribution in [3.05, 3.63) is 66.5 Å². The van der Waals surface area contributed by atoms with Crippen molar-refractivity contribution in [3.8, 4) is 0 Å². The van der Waals surface area contributed by atoms with E-state index in [9.17, 15) is 9.59 Å². The lowest BCUT2D eigenvalue weighted by Gasteiger charge is -2.02. The fourth-order valence-corrected chi connectivity index (χ4v) is 2.59. The van der Waals surface area contributed by atoms with Crippen molar-refractivity contribution in [2.24, 2.45) is 0 Å². The zero-order chi connectivity index (χ0) is 17.6. The summed E-state index contributed by atoms with van der Waals surface area (Å²) in [6.07, 6.45) is 0. The SMILES string of the molecule is CNC(=O)c1cc(Br)ccc1Cl.O=C(O)c1cc(Br)ccc1Cl. The molecule has 8 heteroatoms. The number of nitrogens with one attached hydrogen (secondary N) is 1. The molecule has 23 heavy (non-hydrogen) atoms. The van der Waals surface area contributed by atoms with Crippen LogP contribution in [0.5, 0.6) is 0 Å². The van der Waals surface area contributed by atoms with E-state index in [4.69, 9.17) is 28.3 Å². The molecule has 0 bridgehead atoms. The quantitative estimate of drug-likeness (QED) is 0.612. The smallest absolute Gasteiger partial charge is 0.337 e. The highest BCUT2D eigenvalue weighted by atomic mass is 79.9. The number of hydrogen-bond acceptors (Lipinski definition) is 2. The number of hydrogen-bond donors (Lipinski definition) is 2. The van der Waals surface area contributed by atoms with E-state index < -0.39 is 5.97 Å². The maximum absolute atomic E-state index is 11.2. The summed E-state index contributed by atoms with van der Waals surface area (Å²) < 4.78 is 1.55. The largest absolute Gasteiger partial charge is 0.478 e. The summed E-state index contributed by atoms with van der Waals surface area (Å²) in [4.78, 5) is 21.6. The summed E-state index contributed by atoms with van der Waals surface area (Å²) in [5, 5.41) is 11.8. The third kappa shape index (κ3) is 6.14. The highest BCUT2D eigenvalue weighted by Crippen LogP contribution is 2.21. The molecule has 4 nitrogen and oxygen atoms in total. The summed E-state index contributed by atoms with van der Waals surface area (Å²) in [6.45, 7) is 0. The van der Waals surface area contributed by atoms with Crippen molar-refractivity contribution in [1.82, 2.24) is 5.32 Å². The Hall–Kier alpha value is -1.08. The summed E-state index contributed by atoms with van der Waals surface area (Å²) in [7, 11) is 1.57. The van der Waals surface area contributed by atoms with Gasteiger partial charge in [-0.15, -0.1) is 0 Å². The van der Waals surface area contributed by atoms with Crippen LogP contribution in [0, 0.1) is 0 Å². The highest BCUT2D eigenvalue weighted by Gasteiger charge is 2.08. The zero-order valence-electron chi connectivity index (χ0n) is 11.7. The number of halogens is 4. The molecular formula is C15H11Br2Cl2NO3. The van der Waals surface area contributed by atoms with Crippen molar-refractivity contribution in [3.63, 3.8) is 0 Å². The Balaban J connectivity index is 0.000000231. The van der Waals surface area contributed by atoms with Crippen LogP contribution < -0.4 is 5.32 Å². The molecule has 0 aliphatic rings. The molecule has 2 N–H and O–H groups in total. The molecule has 0 saturated carbocycles. The van der Waals surface area contributed by atoms with Gasteiger partial charge in [-0.05, 0) is 36.4 Å². The first kappa shape index (κ1) is 20.0. The lowest BCUT2D eigenvalue weighted by atomic mass is 10.2. The van der Waals surface area contributed by atoms with E-state index in [2.05, 4.69) is 37.2 Å². The number of aromatic carboxylic acids is 1. The molecule has 0 spiro atoms. The van der Waals surface area contributed by atoms with Crippen LogP contribution in [0.3, 0.4) is 0 Å². The minimum absolute atomic E-state index is 0.112. The predicted molar refractivity (Wildman–Crippen MR) is 98.7 cm³/mol. The standard InChI is InChI=1S/C8H7BrClNO.C7H4BrClO2/c1-11-8(12)6-4-5(9)2-3-7(6)10;8-4-1-2-6(9)5(3-4)7(10)11/h2-4H,1H3,(H,11,12);1-3H,(H,10,11). The van der Waals surface area contributed by atoms with Crippen molar-refractivity contribution in [1.29, 1.82) is 0 Å². The Labute approximate surface area is 160 Å². The fraction of sp³-hybridized carbons (Fsp3) is 0.0667. The van der Waals surface area contributed by atoms with Gasteiger partial charge in [0.15, 0.2) is 0 Å². The van der Waals surface area contributed by atoms with Gasteiger partial charge in [0.25, 0.3) is 5.91 Å². The third-order valence-electron chi connectivity index (χ3n) is 2.56. The Morgan fingerprint density at radius 2 is 1.39 bits per heavy atom. The maximum Gasteiger partial charge on any atom is 0.337 e. The Morgan fingerprint density at radius 3 is 1.78 bits per heavy atom. The minimum atomic E-state index is -1.02. The number of carboxylic acid groups (broad SMARTS) is 1. The van der Waals surface area contributed by atoms with Crippen LogP contribution in [0.2, 0.25) is 10.0 Å². The molecule has 0 fully saturated rings. The molecule has 0 radical (unpaired) electrons. The predicted octanol–water partition coefficient (Wildman–Crippen LogP) is 5.26. The second kappa shape index (κ2) is 9.27. The lowest BCUT2D eigenvalue weighted by molar-refractivity contribution is 0.0696. The van der Waals surface area contributed by atoms with Gasteiger partial charge in [0.05, 0.1) is 21.2 Å². The van der Waals surface area contributed by atoms with E-state index in [-0.39, 0.29) is 16.5 Å². The van der Waals surface area contributed by atoms with Crippen LogP contribution in [0.25, 0.3) is 0 Å². The van der Waals surface area contributed by atoms with E-state index >= 15 is 0 Å². The van der Waals surface area contributed by atoms with Crippen LogP contribution >= 0.6 is 55.1 Å². The molecule has 2 aromatic carbocycles. The van der Waals surface area contributed by atoms with Gasteiger partial charge in [-0.1, -0.05) is 55.1 Å². The number of carbonyl (C=O) groups excluding carboxylic acids is 1. The first-order valence-corrected chi connectivity index (χ1v) is 8.46. The molecule has 2 aromatic rings. The molecule has 122 valence electrons. The van der Waals surface area contributed by atoms with Crippen LogP contribution in [0.4, 0.5) is 0 Å². The van der Waals surface area contributed by atoms with Gasteiger partial charge in [-0.25, -0.2) is 4.79 Å². The molecule has 0 aliphatic carbocycles. The van der Waals surface area contributed by atoms with Gasteiger partial charge < -0.3 is 10.4 Å². The molecule has 0 unspecified atom stereocenters. The molecule has 0 aromatic heterocycles. The normalized spacial score (nSPS) is 9.61. The van der Waals surface area contributed by atoms with E-state index in [1.165, 1.54) is 12.1 Å². The van der Waals surface area contributed by atoms with Gasteiger partial charge in [0.1, 0.15) is 0 Å². The molecule has 0 aliphatic heterocycles. The van der Waals surface area contributed by atoms with Crippen LogP contribution in [-0.2, 0) is 0 Å². The van der Waals surface area contributed by atoms with Crippen molar-refractivity contribution in [2.45, 2.75) is 0 Å². The monoisotopic (exact) mass is 481 g/mol. The Bertz CT molecular complexity index is 739. The molecule has 0 atom stereocenters. The van der Waals surface area contributed by atoms with Gasteiger partial charge in [-0.3, -0.25) is 4.79 Å². The summed E-state index contributed by atoms with van der Waals surface area (Å²) in [5.41, 5.74) is 0.592. The van der Waals surface area contributed by atoms with Crippen molar-refractivity contribution in [2.75, 3.05) is 7.05 Å². The van der Waals surface area contributed by atoms with Crippen LogP contribution in [0.15, 0.2) is 45.3 Å². The molecule has 1 amide bonds. The Kier molecular flexibility index (Phi) is 8.05. The van der Waals surface area contributed by atoms with Gasteiger partial charge in [0.2, 0.25) is 0 Å². The first-order valence-electron chi connectivity index (χ1n) is 6.11. The maximum atomic E-state index is 11.2. The average molecular weight is 484 g/mol. The van der Waals surface area contributed by atoms with E-state index in [1.54, 1.807) is 31.3 Å². The van der Waals surface area contributed by atoms with Gasteiger partial charge in [-0.2, -0.15) is 0 Å². The fourth-order valence-electron chi connectivity index (χ4n) is 1.47. The molecular weight excluding hydrogens is 473 g/mol.